The third-order valence-electron chi connectivity index (χ3n) is 7.55. The number of fused-ring (bicyclic) bond motifs is 1. The summed E-state index contributed by atoms with van der Waals surface area (Å²) in [5.74, 6) is -0.904. The van der Waals surface area contributed by atoms with E-state index in [0.29, 0.717) is 12.3 Å². The van der Waals surface area contributed by atoms with E-state index in [9.17, 15) is 18.0 Å². The smallest absolute Gasteiger partial charge is 0.305 e. The molecule has 1 spiro atoms. The SMILES string of the molecule is CCC(=O)O[C@@H](CC)[C@@H](C)C(=O)N1[C@@H]2C[C@H]3CC[C@]2(CS1(=O)=O)C3(C)C. The Morgan fingerprint density at radius 2 is 1.92 bits per heavy atom. The zero-order chi connectivity index (χ0) is 19.5. The van der Waals surface area contributed by atoms with Crippen LogP contribution in [0.15, 0.2) is 0 Å². The molecule has 5 atom stereocenters. The highest BCUT2D eigenvalue weighted by molar-refractivity contribution is 7.90. The van der Waals surface area contributed by atoms with Crippen molar-refractivity contribution >= 4 is 21.9 Å². The maximum Gasteiger partial charge on any atom is 0.305 e. The standard InChI is InChI=1S/C19H31NO5S/c1-6-14(25-16(21)7-2)12(3)17(22)20-15-10-13-8-9-19(15,18(13,4)5)11-26(20,23)24/h12-15H,6-11H2,1-5H3/t12-,13-,14+,15-,19-/m1/s1. The molecule has 148 valence electrons. The fourth-order valence-electron chi connectivity index (χ4n) is 5.73. The molecular formula is C19H31NO5S. The largest absolute Gasteiger partial charge is 0.462 e. The van der Waals surface area contributed by atoms with Gasteiger partial charge in [0, 0.05) is 11.8 Å². The van der Waals surface area contributed by atoms with Crippen molar-refractivity contribution in [2.75, 3.05) is 5.75 Å². The van der Waals surface area contributed by atoms with E-state index in [1.54, 1.807) is 13.8 Å². The topological polar surface area (TPSA) is 80.8 Å². The van der Waals surface area contributed by atoms with Crippen molar-refractivity contribution in [3.05, 3.63) is 0 Å². The Hall–Kier alpha value is -1.11. The van der Waals surface area contributed by atoms with Crippen LogP contribution >= 0.6 is 0 Å². The Morgan fingerprint density at radius 1 is 1.27 bits per heavy atom. The first-order valence-electron chi connectivity index (χ1n) is 9.77. The molecular weight excluding hydrogens is 354 g/mol. The molecule has 1 saturated heterocycles. The highest BCUT2D eigenvalue weighted by Crippen LogP contribution is 2.70. The predicted molar refractivity (Wildman–Crippen MR) is 97.6 cm³/mol. The van der Waals surface area contributed by atoms with Crippen LogP contribution in [0.3, 0.4) is 0 Å². The average Bonchev–Trinajstić information content (AvgIpc) is 3.05. The van der Waals surface area contributed by atoms with E-state index in [-0.39, 0.29) is 35.0 Å². The minimum atomic E-state index is -3.64. The molecule has 6 nitrogen and oxygen atoms in total. The third kappa shape index (κ3) is 2.53. The molecule has 0 aromatic heterocycles. The molecule has 2 bridgehead atoms. The van der Waals surface area contributed by atoms with Crippen molar-refractivity contribution in [1.29, 1.82) is 0 Å². The highest BCUT2D eigenvalue weighted by Gasteiger charge is 2.72. The van der Waals surface area contributed by atoms with Crippen LogP contribution in [0.1, 0.15) is 66.7 Å². The van der Waals surface area contributed by atoms with Gasteiger partial charge in [-0.05, 0) is 43.9 Å². The predicted octanol–water partition coefficient (Wildman–Crippen LogP) is 2.72. The lowest BCUT2D eigenvalue weighted by Crippen LogP contribution is -2.48. The molecule has 0 aromatic carbocycles. The summed E-state index contributed by atoms with van der Waals surface area (Å²) >= 11 is 0. The summed E-state index contributed by atoms with van der Waals surface area (Å²) in [6.07, 6.45) is 2.80. The molecule has 1 amide bonds. The lowest BCUT2D eigenvalue weighted by atomic mass is 9.69. The van der Waals surface area contributed by atoms with Gasteiger partial charge in [0.1, 0.15) is 6.10 Å². The molecule has 0 radical (unpaired) electrons. The summed E-state index contributed by atoms with van der Waals surface area (Å²) in [6.45, 7) is 9.55. The zero-order valence-electron chi connectivity index (χ0n) is 16.4. The van der Waals surface area contributed by atoms with Crippen LogP contribution in [0, 0.1) is 22.7 Å². The van der Waals surface area contributed by atoms with E-state index in [1.807, 2.05) is 6.92 Å². The van der Waals surface area contributed by atoms with E-state index in [2.05, 4.69) is 13.8 Å². The quantitative estimate of drug-likeness (QED) is 0.680. The number of amides is 1. The van der Waals surface area contributed by atoms with E-state index in [4.69, 9.17) is 4.74 Å². The molecule has 3 fully saturated rings. The van der Waals surface area contributed by atoms with Crippen molar-refractivity contribution in [3.63, 3.8) is 0 Å². The van der Waals surface area contributed by atoms with E-state index < -0.39 is 28.0 Å². The van der Waals surface area contributed by atoms with Crippen LogP contribution in [0.2, 0.25) is 0 Å². The number of hydrogen-bond donors (Lipinski definition) is 0. The van der Waals surface area contributed by atoms with Crippen LogP contribution in [-0.4, -0.2) is 42.5 Å². The van der Waals surface area contributed by atoms with Crippen molar-refractivity contribution in [3.8, 4) is 0 Å². The van der Waals surface area contributed by atoms with Crippen LogP contribution in [-0.2, 0) is 24.3 Å². The summed E-state index contributed by atoms with van der Waals surface area (Å²) in [5, 5.41) is 0. The number of sulfonamides is 1. The maximum atomic E-state index is 13.2. The Kier molecular flexibility index (Phi) is 4.69. The molecule has 7 heteroatoms. The van der Waals surface area contributed by atoms with Gasteiger partial charge < -0.3 is 4.74 Å². The fourth-order valence-corrected chi connectivity index (χ4v) is 8.34. The van der Waals surface area contributed by atoms with Gasteiger partial charge in [0.15, 0.2) is 0 Å². The summed E-state index contributed by atoms with van der Waals surface area (Å²) in [5.41, 5.74) is -0.393. The molecule has 1 aliphatic heterocycles. The van der Waals surface area contributed by atoms with Gasteiger partial charge in [-0.3, -0.25) is 9.59 Å². The third-order valence-corrected chi connectivity index (χ3v) is 9.46. The number of hydrogen-bond acceptors (Lipinski definition) is 5. The van der Waals surface area contributed by atoms with Gasteiger partial charge in [0.25, 0.3) is 0 Å². The van der Waals surface area contributed by atoms with E-state index >= 15 is 0 Å². The van der Waals surface area contributed by atoms with Crippen molar-refractivity contribution in [2.45, 2.75) is 78.9 Å². The second-order valence-corrected chi connectivity index (χ2v) is 10.7. The number of carbonyl (C=O) groups excluding carboxylic acids is 2. The number of rotatable bonds is 5. The van der Waals surface area contributed by atoms with Crippen LogP contribution in [0.4, 0.5) is 0 Å². The second kappa shape index (κ2) is 6.21. The highest BCUT2D eigenvalue weighted by atomic mass is 32.2. The lowest BCUT2D eigenvalue weighted by molar-refractivity contribution is -0.155. The Morgan fingerprint density at radius 3 is 2.46 bits per heavy atom. The minimum absolute atomic E-state index is 0.0676. The average molecular weight is 386 g/mol. The van der Waals surface area contributed by atoms with Gasteiger partial charge >= 0.3 is 5.97 Å². The summed E-state index contributed by atoms with van der Waals surface area (Å²) < 4.78 is 32.5. The molecule has 0 unspecified atom stereocenters. The van der Waals surface area contributed by atoms with Gasteiger partial charge in [-0.2, -0.15) is 0 Å². The van der Waals surface area contributed by atoms with Gasteiger partial charge in [-0.25, -0.2) is 12.7 Å². The van der Waals surface area contributed by atoms with Gasteiger partial charge in [-0.15, -0.1) is 0 Å². The van der Waals surface area contributed by atoms with Crippen molar-refractivity contribution < 1.29 is 22.7 Å². The molecule has 1 heterocycles. The Labute approximate surface area is 156 Å². The van der Waals surface area contributed by atoms with Crippen LogP contribution in [0.25, 0.3) is 0 Å². The molecule has 0 N–H and O–H groups in total. The fraction of sp³-hybridized carbons (Fsp3) is 0.895. The zero-order valence-corrected chi connectivity index (χ0v) is 17.3. The van der Waals surface area contributed by atoms with Crippen LogP contribution < -0.4 is 0 Å². The normalized spacial score (nSPS) is 35.8. The molecule has 3 aliphatic rings. The molecule has 2 aliphatic carbocycles. The molecule has 3 rings (SSSR count). The summed E-state index contributed by atoms with van der Waals surface area (Å²) in [7, 11) is -3.64. The minimum Gasteiger partial charge on any atom is -0.462 e. The maximum absolute atomic E-state index is 13.2. The van der Waals surface area contributed by atoms with Gasteiger partial charge in [0.05, 0.1) is 17.7 Å². The van der Waals surface area contributed by atoms with Crippen molar-refractivity contribution in [1.82, 2.24) is 4.31 Å². The number of nitrogens with zero attached hydrogens (tertiary/aromatic N) is 1. The lowest BCUT2D eigenvalue weighted by Gasteiger charge is -2.37. The number of ether oxygens (including phenoxy) is 1. The summed E-state index contributed by atoms with van der Waals surface area (Å²) in [6, 6.07) is -0.240. The molecule has 0 aromatic rings. The molecule has 2 saturated carbocycles. The van der Waals surface area contributed by atoms with Gasteiger partial charge in [0.2, 0.25) is 15.9 Å². The van der Waals surface area contributed by atoms with Crippen molar-refractivity contribution in [2.24, 2.45) is 22.7 Å². The summed E-state index contributed by atoms with van der Waals surface area (Å²) in [4.78, 5) is 24.9. The van der Waals surface area contributed by atoms with Crippen LogP contribution in [0.5, 0.6) is 0 Å². The van der Waals surface area contributed by atoms with E-state index in [1.165, 1.54) is 4.31 Å². The monoisotopic (exact) mass is 385 g/mol. The first-order chi connectivity index (χ1) is 12.0. The molecule has 26 heavy (non-hydrogen) atoms. The Balaban J connectivity index is 1.89. The second-order valence-electron chi connectivity index (χ2n) is 8.83. The number of carbonyl (C=O) groups is 2. The van der Waals surface area contributed by atoms with E-state index in [0.717, 1.165) is 19.3 Å². The first kappa shape index (κ1) is 19.6. The first-order valence-corrected chi connectivity index (χ1v) is 11.4. The number of esters is 1. The van der Waals surface area contributed by atoms with Gasteiger partial charge in [-0.1, -0.05) is 27.7 Å². The Bertz CT molecular complexity index is 715.